The third-order valence-electron chi connectivity index (χ3n) is 2.80. The summed E-state index contributed by atoms with van der Waals surface area (Å²) in [5, 5.41) is 1.83. The second-order valence-electron chi connectivity index (χ2n) is 4.53. The van der Waals surface area contributed by atoms with Crippen LogP contribution in [0.25, 0.3) is 0 Å². The number of aromatic nitrogens is 1. The van der Waals surface area contributed by atoms with E-state index in [9.17, 15) is 8.42 Å². The number of thiazole rings is 1. The van der Waals surface area contributed by atoms with Crippen molar-refractivity contribution in [2.24, 2.45) is 0 Å². The summed E-state index contributed by atoms with van der Waals surface area (Å²) in [4.78, 5) is 4.43. The lowest BCUT2D eigenvalue weighted by Crippen LogP contribution is -2.25. The maximum atomic E-state index is 12.3. The van der Waals surface area contributed by atoms with Crippen molar-refractivity contribution in [2.75, 3.05) is 0 Å². The Balaban J connectivity index is 2.29. The van der Waals surface area contributed by atoms with Crippen molar-refractivity contribution in [1.29, 1.82) is 0 Å². The second kappa shape index (κ2) is 5.40. The number of nitrogens with zero attached hydrogens (tertiary/aromatic N) is 1. The Hall–Kier alpha value is -1.24. The van der Waals surface area contributed by atoms with E-state index in [1.807, 2.05) is 38.3 Å². The van der Waals surface area contributed by atoms with Crippen molar-refractivity contribution in [2.45, 2.75) is 32.2 Å². The number of aryl methyl sites for hydroxylation is 3. The van der Waals surface area contributed by atoms with E-state index in [4.69, 9.17) is 0 Å². The predicted octanol–water partition coefficient (Wildman–Crippen LogP) is 2.55. The van der Waals surface area contributed by atoms with Gasteiger partial charge in [-0.05, 0) is 31.9 Å². The van der Waals surface area contributed by atoms with Gasteiger partial charge in [0.1, 0.15) is 0 Å². The number of rotatable bonds is 4. The van der Waals surface area contributed by atoms with Crippen LogP contribution in [0.1, 0.15) is 22.4 Å². The lowest BCUT2D eigenvalue weighted by Gasteiger charge is -2.12. The van der Waals surface area contributed by atoms with Gasteiger partial charge in [-0.15, -0.1) is 11.3 Å². The zero-order valence-electron chi connectivity index (χ0n) is 11.1. The maximum absolute atomic E-state index is 12.3. The summed E-state index contributed by atoms with van der Waals surface area (Å²) in [5.41, 5.74) is 5.02. The molecular formula is C13H16N2O2S2. The summed E-state index contributed by atoms with van der Waals surface area (Å²) in [6.45, 7) is 5.81. The van der Waals surface area contributed by atoms with E-state index < -0.39 is 10.0 Å². The molecule has 2 aromatic rings. The lowest BCUT2D eigenvalue weighted by atomic mass is 10.1. The van der Waals surface area contributed by atoms with Gasteiger partial charge >= 0.3 is 0 Å². The third-order valence-corrected chi connectivity index (χ3v) is 5.14. The van der Waals surface area contributed by atoms with E-state index in [1.165, 1.54) is 11.3 Å². The molecule has 6 heteroatoms. The first-order valence-electron chi connectivity index (χ1n) is 5.85. The van der Waals surface area contributed by atoms with Crippen molar-refractivity contribution in [3.63, 3.8) is 0 Å². The smallest absolute Gasteiger partial charge is 0.241 e. The Labute approximate surface area is 117 Å². The molecule has 19 heavy (non-hydrogen) atoms. The molecule has 1 N–H and O–H groups in total. The minimum atomic E-state index is -3.50. The van der Waals surface area contributed by atoms with Gasteiger partial charge in [-0.25, -0.2) is 18.1 Å². The highest BCUT2D eigenvalue weighted by molar-refractivity contribution is 7.89. The molecule has 0 bridgehead atoms. The quantitative estimate of drug-likeness (QED) is 0.943. The molecule has 2 rings (SSSR count). The van der Waals surface area contributed by atoms with Gasteiger partial charge in [0.25, 0.3) is 0 Å². The van der Waals surface area contributed by atoms with E-state index in [0.717, 1.165) is 22.4 Å². The number of hydrogen-bond donors (Lipinski definition) is 1. The SMILES string of the molecule is Cc1cc(C)c(S(=O)(=O)NCc2cscn2)c(C)c1. The van der Waals surface area contributed by atoms with Crippen LogP contribution < -0.4 is 4.72 Å². The van der Waals surface area contributed by atoms with Gasteiger partial charge in [0.05, 0.1) is 22.6 Å². The van der Waals surface area contributed by atoms with Crippen molar-refractivity contribution in [1.82, 2.24) is 9.71 Å². The number of benzene rings is 1. The molecule has 102 valence electrons. The van der Waals surface area contributed by atoms with Gasteiger partial charge < -0.3 is 0 Å². The van der Waals surface area contributed by atoms with Gasteiger partial charge in [0.2, 0.25) is 10.0 Å². The molecule has 0 aliphatic rings. The largest absolute Gasteiger partial charge is 0.248 e. The van der Waals surface area contributed by atoms with Gasteiger partial charge in [0.15, 0.2) is 0 Å². The minimum Gasteiger partial charge on any atom is -0.248 e. The van der Waals surface area contributed by atoms with Gasteiger partial charge in [-0.3, -0.25) is 0 Å². The Morgan fingerprint density at radius 1 is 1.21 bits per heavy atom. The van der Waals surface area contributed by atoms with Crippen molar-refractivity contribution >= 4 is 21.4 Å². The molecule has 0 radical (unpaired) electrons. The van der Waals surface area contributed by atoms with Crippen LogP contribution in [0, 0.1) is 20.8 Å². The predicted molar refractivity (Wildman–Crippen MR) is 76.8 cm³/mol. The Morgan fingerprint density at radius 3 is 2.37 bits per heavy atom. The van der Waals surface area contributed by atoms with Crippen LogP contribution in [0.5, 0.6) is 0 Å². The van der Waals surface area contributed by atoms with Crippen molar-refractivity contribution < 1.29 is 8.42 Å². The summed E-state index contributed by atoms with van der Waals surface area (Å²) in [5.74, 6) is 0. The molecule has 0 aliphatic carbocycles. The monoisotopic (exact) mass is 296 g/mol. The van der Waals surface area contributed by atoms with Crippen LogP contribution in [-0.4, -0.2) is 13.4 Å². The molecule has 0 unspecified atom stereocenters. The van der Waals surface area contributed by atoms with Crippen molar-refractivity contribution in [3.8, 4) is 0 Å². The topological polar surface area (TPSA) is 59.1 Å². The van der Waals surface area contributed by atoms with E-state index in [1.54, 1.807) is 5.51 Å². The molecule has 0 atom stereocenters. The summed E-state index contributed by atoms with van der Waals surface area (Å²) < 4.78 is 27.3. The molecule has 4 nitrogen and oxygen atoms in total. The highest BCUT2D eigenvalue weighted by atomic mass is 32.2. The molecule has 0 saturated heterocycles. The Morgan fingerprint density at radius 2 is 1.84 bits per heavy atom. The second-order valence-corrected chi connectivity index (χ2v) is 6.95. The molecule has 1 aromatic heterocycles. The summed E-state index contributed by atoms with van der Waals surface area (Å²) in [7, 11) is -3.50. The van der Waals surface area contributed by atoms with Crippen LogP contribution in [0.3, 0.4) is 0 Å². The first kappa shape index (κ1) is 14.2. The average Bonchev–Trinajstić information content (AvgIpc) is 2.77. The maximum Gasteiger partial charge on any atom is 0.241 e. The van der Waals surface area contributed by atoms with Gasteiger partial charge in [-0.2, -0.15) is 0 Å². The first-order chi connectivity index (χ1) is 8.90. The fraction of sp³-hybridized carbons (Fsp3) is 0.308. The number of sulfonamides is 1. The van der Waals surface area contributed by atoms with E-state index in [-0.39, 0.29) is 6.54 Å². The van der Waals surface area contributed by atoms with Crippen LogP contribution >= 0.6 is 11.3 Å². The van der Waals surface area contributed by atoms with Gasteiger partial charge in [-0.1, -0.05) is 17.7 Å². The zero-order valence-corrected chi connectivity index (χ0v) is 12.7. The summed E-state index contributed by atoms with van der Waals surface area (Å²) in [6.07, 6.45) is 0. The Kier molecular flexibility index (Phi) is 4.03. The molecule has 1 aromatic carbocycles. The Bertz CT molecular complexity index is 654. The summed E-state index contributed by atoms with van der Waals surface area (Å²) >= 11 is 1.45. The number of nitrogens with one attached hydrogen (secondary N) is 1. The fourth-order valence-corrected chi connectivity index (χ4v) is 4.16. The van der Waals surface area contributed by atoms with Crippen LogP contribution in [0.15, 0.2) is 27.9 Å². The standard InChI is InChI=1S/C13H16N2O2S2/c1-9-4-10(2)13(11(3)5-9)19(16,17)15-6-12-7-18-8-14-12/h4-5,7-8,15H,6H2,1-3H3. The van der Waals surface area contributed by atoms with E-state index in [2.05, 4.69) is 9.71 Å². The zero-order chi connectivity index (χ0) is 14.0. The van der Waals surface area contributed by atoms with E-state index >= 15 is 0 Å². The van der Waals surface area contributed by atoms with Crippen molar-refractivity contribution in [3.05, 3.63) is 45.4 Å². The van der Waals surface area contributed by atoms with Crippen LogP contribution in [0.4, 0.5) is 0 Å². The molecule has 1 heterocycles. The third kappa shape index (κ3) is 3.20. The van der Waals surface area contributed by atoms with Gasteiger partial charge in [0, 0.05) is 5.38 Å². The molecule has 0 saturated carbocycles. The fourth-order valence-electron chi connectivity index (χ4n) is 2.16. The average molecular weight is 296 g/mol. The van der Waals surface area contributed by atoms with Crippen LogP contribution in [-0.2, 0) is 16.6 Å². The molecular weight excluding hydrogens is 280 g/mol. The van der Waals surface area contributed by atoms with E-state index in [0.29, 0.717) is 4.90 Å². The number of hydrogen-bond acceptors (Lipinski definition) is 4. The highest BCUT2D eigenvalue weighted by Crippen LogP contribution is 2.21. The molecule has 0 spiro atoms. The molecule has 0 aliphatic heterocycles. The van der Waals surface area contributed by atoms with Crippen LogP contribution in [0.2, 0.25) is 0 Å². The summed E-state index contributed by atoms with van der Waals surface area (Å²) in [6, 6.07) is 3.76. The first-order valence-corrected chi connectivity index (χ1v) is 8.27. The highest BCUT2D eigenvalue weighted by Gasteiger charge is 2.19. The molecule has 0 amide bonds. The normalized spacial score (nSPS) is 11.7. The minimum absolute atomic E-state index is 0.221. The lowest BCUT2D eigenvalue weighted by molar-refractivity contribution is 0.579. The molecule has 0 fully saturated rings.